The van der Waals surface area contributed by atoms with Gasteiger partial charge in [-0.1, -0.05) is 12.2 Å². The second kappa shape index (κ2) is 6.00. The van der Waals surface area contributed by atoms with E-state index in [9.17, 15) is 9.18 Å². The number of amides is 1. The van der Waals surface area contributed by atoms with Crippen LogP contribution in [0.5, 0.6) is 0 Å². The van der Waals surface area contributed by atoms with Crippen molar-refractivity contribution < 1.29 is 9.18 Å². The van der Waals surface area contributed by atoms with Gasteiger partial charge in [0.25, 0.3) is 5.91 Å². The molecule has 2 N–H and O–H groups in total. The molecule has 0 saturated heterocycles. The molecule has 0 aromatic heterocycles. The lowest BCUT2D eigenvalue weighted by molar-refractivity contribution is 0.0786. The fraction of sp³-hybridized carbons (Fsp3) is 0.214. The van der Waals surface area contributed by atoms with Crippen LogP contribution in [-0.2, 0) is 0 Å². The van der Waals surface area contributed by atoms with Crippen LogP contribution >= 0.6 is 0 Å². The van der Waals surface area contributed by atoms with Gasteiger partial charge in [0.15, 0.2) is 0 Å². The lowest BCUT2D eigenvalue weighted by Crippen LogP contribution is -2.32. The van der Waals surface area contributed by atoms with Crippen molar-refractivity contribution in [2.24, 2.45) is 0 Å². The Balaban J connectivity index is 3.15. The van der Waals surface area contributed by atoms with Crippen LogP contribution in [0, 0.1) is 12.7 Å². The summed E-state index contributed by atoms with van der Waals surface area (Å²) in [4.78, 5) is 13.6. The van der Waals surface area contributed by atoms with E-state index in [0.29, 0.717) is 24.3 Å². The maximum atomic E-state index is 13.9. The highest BCUT2D eigenvalue weighted by atomic mass is 19.1. The molecular weight excluding hydrogens is 231 g/mol. The first-order chi connectivity index (χ1) is 8.51. The molecule has 1 aromatic rings. The normalized spacial score (nSPS) is 9.89. The first-order valence-electron chi connectivity index (χ1n) is 5.58. The zero-order chi connectivity index (χ0) is 13.7. The van der Waals surface area contributed by atoms with Gasteiger partial charge in [0.1, 0.15) is 5.82 Å². The summed E-state index contributed by atoms with van der Waals surface area (Å²) < 4.78 is 13.9. The maximum Gasteiger partial charge on any atom is 0.257 e. The summed E-state index contributed by atoms with van der Waals surface area (Å²) in [6.45, 7) is 9.38. The summed E-state index contributed by atoms with van der Waals surface area (Å²) in [6.07, 6.45) is 3.16. The smallest absolute Gasteiger partial charge is 0.257 e. The van der Waals surface area contributed by atoms with Crippen molar-refractivity contribution in [3.8, 4) is 0 Å². The number of rotatable bonds is 5. The standard InChI is InChI=1S/C14H17FN2O/c1-4-6-17(7-5-2)14(18)12-9-11(16)8-10(3)13(12)15/h4-5,8-9H,1-2,6-7,16H2,3H3. The lowest BCUT2D eigenvalue weighted by Gasteiger charge is -2.20. The zero-order valence-corrected chi connectivity index (χ0v) is 10.4. The number of nitrogen functional groups attached to an aromatic ring is 1. The summed E-state index contributed by atoms with van der Waals surface area (Å²) in [5.74, 6) is -0.949. The molecular formula is C14H17FN2O. The second-order valence-electron chi connectivity index (χ2n) is 3.99. The number of aryl methyl sites for hydroxylation is 1. The fourth-order valence-corrected chi connectivity index (χ4v) is 1.68. The maximum absolute atomic E-state index is 13.9. The monoisotopic (exact) mass is 248 g/mol. The van der Waals surface area contributed by atoms with E-state index in [1.54, 1.807) is 19.1 Å². The number of hydrogen-bond acceptors (Lipinski definition) is 2. The van der Waals surface area contributed by atoms with Crippen molar-refractivity contribution in [3.63, 3.8) is 0 Å². The Labute approximate surface area is 106 Å². The third kappa shape index (κ3) is 2.97. The summed E-state index contributed by atoms with van der Waals surface area (Å²) in [5, 5.41) is 0. The number of nitrogens with zero attached hydrogens (tertiary/aromatic N) is 1. The van der Waals surface area contributed by atoms with E-state index in [1.165, 1.54) is 17.0 Å². The number of hydrogen-bond donors (Lipinski definition) is 1. The molecule has 0 radical (unpaired) electrons. The Morgan fingerprint density at radius 2 is 1.94 bits per heavy atom. The molecule has 0 aliphatic heterocycles. The minimum absolute atomic E-state index is 0.0174. The van der Waals surface area contributed by atoms with Crippen LogP contribution in [0.3, 0.4) is 0 Å². The predicted octanol–water partition coefficient (Wildman–Crippen LogP) is 2.53. The molecule has 0 unspecified atom stereocenters. The van der Waals surface area contributed by atoms with E-state index in [-0.39, 0.29) is 5.56 Å². The van der Waals surface area contributed by atoms with Crippen LogP contribution < -0.4 is 5.73 Å². The van der Waals surface area contributed by atoms with Gasteiger partial charge in [0.2, 0.25) is 0 Å². The van der Waals surface area contributed by atoms with Crippen LogP contribution in [0.4, 0.5) is 10.1 Å². The summed E-state index contributed by atoms with van der Waals surface area (Å²) in [7, 11) is 0. The number of nitrogens with two attached hydrogens (primary N) is 1. The predicted molar refractivity (Wildman–Crippen MR) is 71.8 cm³/mol. The van der Waals surface area contributed by atoms with Crippen molar-refractivity contribution in [1.29, 1.82) is 0 Å². The number of benzene rings is 1. The summed E-state index contributed by atoms with van der Waals surface area (Å²) in [5.41, 5.74) is 6.35. The van der Waals surface area contributed by atoms with Crippen molar-refractivity contribution >= 4 is 11.6 Å². The Bertz CT molecular complexity index is 473. The Kier molecular flexibility index (Phi) is 4.66. The van der Waals surface area contributed by atoms with E-state index in [4.69, 9.17) is 5.73 Å². The third-order valence-electron chi connectivity index (χ3n) is 2.49. The SMILES string of the molecule is C=CCN(CC=C)C(=O)c1cc(N)cc(C)c1F. The molecule has 4 heteroatoms. The zero-order valence-electron chi connectivity index (χ0n) is 10.4. The van der Waals surface area contributed by atoms with E-state index in [2.05, 4.69) is 13.2 Å². The van der Waals surface area contributed by atoms with Gasteiger partial charge in [-0.05, 0) is 24.6 Å². The van der Waals surface area contributed by atoms with E-state index >= 15 is 0 Å². The highest BCUT2D eigenvalue weighted by Crippen LogP contribution is 2.18. The van der Waals surface area contributed by atoms with Crippen molar-refractivity contribution in [2.45, 2.75) is 6.92 Å². The first-order valence-corrected chi connectivity index (χ1v) is 5.58. The quantitative estimate of drug-likeness (QED) is 0.643. The van der Waals surface area contributed by atoms with Gasteiger partial charge in [-0.15, -0.1) is 13.2 Å². The molecule has 1 amide bonds. The molecule has 0 heterocycles. The summed E-state index contributed by atoms with van der Waals surface area (Å²) >= 11 is 0. The van der Waals surface area contributed by atoms with Crippen molar-refractivity contribution in [1.82, 2.24) is 4.90 Å². The highest BCUT2D eigenvalue weighted by molar-refractivity contribution is 5.95. The van der Waals surface area contributed by atoms with Gasteiger partial charge in [0, 0.05) is 18.8 Å². The number of carbonyl (C=O) groups is 1. The van der Waals surface area contributed by atoms with Crippen molar-refractivity contribution in [3.05, 3.63) is 54.4 Å². The highest BCUT2D eigenvalue weighted by Gasteiger charge is 2.19. The molecule has 0 atom stereocenters. The Morgan fingerprint density at radius 1 is 1.39 bits per heavy atom. The molecule has 3 nitrogen and oxygen atoms in total. The van der Waals surface area contributed by atoms with E-state index < -0.39 is 11.7 Å². The number of carbonyl (C=O) groups excluding carboxylic acids is 1. The molecule has 0 fully saturated rings. The third-order valence-corrected chi connectivity index (χ3v) is 2.49. The van der Waals surface area contributed by atoms with Crippen LogP contribution in [0.15, 0.2) is 37.4 Å². The molecule has 0 saturated carbocycles. The first kappa shape index (κ1) is 14.0. The van der Waals surface area contributed by atoms with Gasteiger partial charge in [0.05, 0.1) is 5.56 Å². The van der Waals surface area contributed by atoms with Gasteiger partial charge in [-0.2, -0.15) is 0 Å². The van der Waals surface area contributed by atoms with Crippen LogP contribution in [0.1, 0.15) is 15.9 Å². The average Bonchev–Trinajstić information content (AvgIpc) is 2.32. The van der Waals surface area contributed by atoms with Crippen LogP contribution in [0.2, 0.25) is 0 Å². The number of anilines is 1. The molecule has 96 valence electrons. The minimum Gasteiger partial charge on any atom is -0.399 e. The molecule has 1 rings (SSSR count). The fourth-order valence-electron chi connectivity index (χ4n) is 1.68. The van der Waals surface area contributed by atoms with Crippen molar-refractivity contribution in [2.75, 3.05) is 18.8 Å². The Hall–Kier alpha value is -2.10. The minimum atomic E-state index is -0.535. The molecule has 0 aliphatic rings. The molecule has 1 aromatic carbocycles. The average molecular weight is 248 g/mol. The topological polar surface area (TPSA) is 46.3 Å². The Morgan fingerprint density at radius 3 is 2.44 bits per heavy atom. The lowest BCUT2D eigenvalue weighted by atomic mass is 10.1. The molecule has 18 heavy (non-hydrogen) atoms. The second-order valence-corrected chi connectivity index (χ2v) is 3.99. The summed E-state index contributed by atoms with van der Waals surface area (Å²) in [6, 6.07) is 2.85. The van der Waals surface area contributed by atoms with E-state index in [1.807, 2.05) is 0 Å². The van der Waals surface area contributed by atoms with Crippen LogP contribution in [0.25, 0.3) is 0 Å². The molecule has 0 bridgehead atoms. The van der Waals surface area contributed by atoms with Gasteiger partial charge in [-0.3, -0.25) is 4.79 Å². The number of halogens is 1. The largest absolute Gasteiger partial charge is 0.399 e. The van der Waals surface area contributed by atoms with Gasteiger partial charge >= 0.3 is 0 Å². The van der Waals surface area contributed by atoms with Gasteiger partial charge < -0.3 is 10.6 Å². The van der Waals surface area contributed by atoms with Gasteiger partial charge in [-0.25, -0.2) is 4.39 Å². The van der Waals surface area contributed by atoms with E-state index in [0.717, 1.165) is 0 Å². The molecule has 0 spiro atoms. The van der Waals surface area contributed by atoms with Crippen LogP contribution in [-0.4, -0.2) is 23.9 Å². The molecule has 0 aliphatic carbocycles.